The van der Waals surface area contributed by atoms with Crippen molar-refractivity contribution in [3.8, 4) is 0 Å². The van der Waals surface area contributed by atoms with E-state index in [1.54, 1.807) is 27.0 Å². The fourth-order valence-corrected chi connectivity index (χ4v) is 2.85. The molecule has 0 unspecified atom stereocenters. The van der Waals surface area contributed by atoms with Crippen LogP contribution in [0.5, 0.6) is 0 Å². The highest BCUT2D eigenvalue weighted by Crippen LogP contribution is 2.25. The summed E-state index contributed by atoms with van der Waals surface area (Å²) in [6.45, 7) is 4.91. The molecular formula is C16H23ClFN3O2. The van der Waals surface area contributed by atoms with Gasteiger partial charge in [-0.2, -0.15) is 0 Å². The van der Waals surface area contributed by atoms with Crippen molar-refractivity contribution in [2.24, 2.45) is 0 Å². The van der Waals surface area contributed by atoms with Gasteiger partial charge in [-0.1, -0.05) is 11.6 Å². The summed E-state index contributed by atoms with van der Waals surface area (Å²) in [5.41, 5.74) is -0.178. The van der Waals surface area contributed by atoms with Crippen LogP contribution in [0.1, 0.15) is 20.3 Å². The average Bonchev–Trinajstić information content (AvgIpc) is 2.88. The van der Waals surface area contributed by atoms with E-state index in [1.165, 1.54) is 17.0 Å². The first-order valence-electron chi connectivity index (χ1n) is 7.60. The number of urea groups is 1. The second-order valence-corrected chi connectivity index (χ2v) is 7.06. The maximum absolute atomic E-state index is 13.5. The van der Waals surface area contributed by atoms with Gasteiger partial charge in [-0.25, -0.2) is 9.18 Å². The van der Waals surface area contributed by atoms with E-state index in [9.17, 15) is 14.3 Å². The molecule has 1 heterocycles. The van der Waals surface area contributed by atoms with Crippen molar-refractivity contribution in [1.29, 1.82) is 0 Å². The molecule has 1 atom stereocenters. The molecule has 2 amide bonds. The molecule has 0 radical (unpaired) electrons. The third-order valence-electron chi connectivity index (χ3n) is 3.75. The van der Waals surface area contributed by atoms with E-state index in [2.05, 4.69) is 5.32 Å². The summed E-state index contributed by atoms with van der Waals surface area (Å²) < 4.78 is 13.5. The first-order valence-corrected chi connectivity index (χ1v) is 7.97. The topological polar surface area (TPSA) is 55.8 Å². The van der Waals surface area contributed by atoms with E-state index in [-0.39, 0.29) is 23.6 Å². The number of anilines is 1. The molecule has 0 aromatic heterocycles. The SMILES string of the molecule is CN(CC(C)(C)O)C(=O)N[C@H]1CCN(c2ccc(Cl)c(F)c2)C1. The minimum absolute atomic E-state index is 0.00880. The van der Waals surface area contributed by atoms with Gasteiger partial charge < -0.3 is 20.2 Å². The highest BCUT2D eigenvalue weighted by atomic mass is 35.5. The minimum atomic E-state index is -0.936. The summed E-state index contributed by atoms with van der Waals surface area (Å²) in [7, 11) is 1.65. The van der Waals surface area contributed by atoms with Crippen molar-refractivity contribution in [1.82, 2.24) is 10.2 Å². The number of hydrogen-bond acceptors (Lipinski definition) is 3. The van der Waals surface area contributed by atoms with Gasteiger partial charge in [-0.15, -0.1) is 0 Å². The van der Waals surface area contributed by atoms with Crippen molar-refractivity contribution in [2.45, 2.75) is 31.9 Å². The van der Waals surface area contributed by atoms with Crippen LogP contribution in [0, 0.1) is 5.82 Å². The molecule has 7 heteroatoms. The lowest BCUT2D eigenvalue weighted by molar-refractivity contribution is 0.0528. The lowest BCUT2D eigenvalue weighted by atomic mass is 10.1. The molecule has 23 heavy (non-hydrogen) atoms. The summed E-state index contributed by atoms with van der Waals surface area (Å²) in [5.74, 6) is -0.443. The van der Waals surface area contributed by atoms with Crippen molar-refractivity contribution in [3.05, 3.63) is 29.0 Å². The number of aliphatic hydroxyl groups is 1. The number of nitrogens with one attached hydrogen (secondary N) is 1. The van der Waals surface area contributed by atoms with Gasteiger partial charge in [-0.05, 0) is 38.5 Å². The van der Waals surface area contributed by atoms with Crippen LogP contribution in [-0.2, 0) is 0 Å². The lowest BCUT2D eigenvalue weighted by Gasteiger charge is -2.27. The van der Waals surface area contributed by atoms with Gasteiger partial charge >= 0.3 is 6.03 Å². The van der Waals surface area contributed by atoms with Gasteiger partial charge in [-0.3, -0.25) is 0 Å². The van der Waals surface area contributed by atoms with Crippen LogP contribution in [0.4, 0.5) is 14.9 Å². The summed E-state index contributed by atoms with van der Waals surface area (Å²) in [4.78, 5) is 15.6. The predicted octanol–water partition coefficient (Wildman–Crippen LogP) is 2.47. The maximum atomic E-state index is 13.5. The number of hydrogen-bond donors (Lipinski definition) is 2. The van der Waals surface area contributed by atoms with Gasteiger partial charge in [0.2, 0.25) is 0 Å². The molecule has 1 saturated heterocycles. The molecule has 5 nitrogen and oxygen atoms in total. The van der Waals surface area contributed by atoms with Crippen molar-refractivity contribution < 1.29 is 14.3 Å². The molecule has 1 fully saturated rings. The highest BCUT2D eigenvalue weighted by Gasteiger charge is 2.27. The Balaban J connectivity index is 1.90. The molecule has 128 valence electrons. The van der Waals surface area contributed by atoms with Crippen LogP contribution in [-0.4, -0.2) is 54.4 Å². The molecule has 2 rings (SSSR count). The van der Waals surface area contributed by atoms with Crippen LogP contribution in [0.3, 0.4) is 0 Å². The zero-order valence-electron chi connectivity index (χ0n) is 13.6. The van der Waals surface area contributed by atoms with Gasteiger partial charge in [0.25, 0.3) is 0 Å². The molecule has 1 aliphatic rings. The molecule has 1 aromatic rings. The van der Waals surface area contributed by atoms with E-state index >= 15 is 0 Å². The minimum Gasteiger partial charge on any atom is -0.389 e. The maximum Gasteiger partial charge on any atom is 0.317 e. The van der Waals surface area contributed by atoms with Gasteiger partial charge in [0.05, 0.1) is 17.2 Å². The number of rotatable bonds is 4. The zero-order chi connectivity index (χ0) is 17.2. The fraction of sp³-hybridized carbons (Fsp3) is 0.562. The molecule has 1 aliphatic heterocycles. The fourth-order valence-electron chi connectivity index (χ4n) is 2.73. The number of amides is 2. The first-order chi connectivity index (χ1) is 10.7. The Morgan fingerprint density at radius 2 is 2.26 bits per heavy atom. The second-order valence-electron chi connectivity index (χ2n) is 6.65. The van der Waals surface area contributed by atoms with Gasteiger partial charge in [0.1, 0.15) is 5.82 Å². The Bertz CT molecular complexity index is 577. The van der Waals surface area contributed by atoms with Crippen LogP contribution in [0.15, 0.2) is 18.2 Å². The number of likely N-dealkylation sites (N-methyl/N-ethyl adjacent to an activating group) is 1. The Hall–Kier alpha value is -1.53. The van der Waals surface area contributed by atoms with E-state index in [0.29, 0.717) is 6.54 Å². The number of benzene rings is 1. The summed E-state index contributed by atoms with van der Waals surface area (Å²) in [5, 5.41) is 12.8. The molecule has 0 bridgehead atoms. The monoisotopic (exact) mass is 343 g/mol. The highest BCUT2D eigenvalue weighted by molar-refractivity contribution is 6.30. The van der Waals surface area contributed by atoms with Crippen molar-refractivity contribution in [3.63, 3.8) is 0 Å². The normalized spacial score (nSPS) is 18.2. The number of carbonyl (C=O) groups is 1. The largest absolute Gasteiger partial charge is 0.389 e. The molecular weight excluding hydrogens is 321 g/mol. The molecule has 0 aliphatic carbocycles. The van der Waals surface area contributed by atoms with Crippen molar-refractivity contribution in [2.75, 3.05) is 31.6 Å². The zero-order valence-corrected chi connectivity index (χ0v) is 14.4. The second kappa shape index (κ2) is 6.93. The lowest BCUT2D eigenvalue weighted by Crippen LogP contribution is -2.48. The standard InChI is InChI=1S/C16H23ClFN3O2/c1-16(2,23)10-20(3)15(22)19-11-6-7-21(9-11)12-4-5-13(17)14(18)8-12/h4-5,8,11,23H,6-7,9-10H2,1-3H3,(H,19,22)/t11-/m0/s1. The summed E-state index contributed by atoms with van der Waals surface area (Å²) >= 11 is 5.70. The Morgan fingerprint density at radius 1 is 1.57 bits per heavy atom. The molecule has 2 N–H and O–H groups in total. The number of carbonyl (C=O) groups excluding carboxylic acids is 1. The van der Waals surface area contributed by atoms with Gasteiger partial charge in [0.15, 0.2) is 0 Å². The summed E-state index contributed by atoms with van der Waals surface area (Å²) in [6, 6.07) is 4.49. The van der Waals surface area contributed by atoms with E-state index in [0.717, 1.165) is 18.7 Å². The average molecular weight is 344 g/mol. The third-order valence-corrected chi connectivity index (χ3v) is 4.06. The van der Waals surface area contributed by atoms with Crippen LogP contribution >= 0.6 is 11.6 Å². The number of nitrogens with zero attached hydrogens (tertiary/aromatic N) is 2. The Labute approximate surface area is 141 Å². The van der Waals surface area contributed by atoms with Crippen LogP contribution < -0.4 is 10.2 Å². The van der Waals surface area contributed by atoms with E-state index in [4.69, 9.17) is 11.6 Å². The predicted molar refractivity (Wildman–Crippen MR) is 89.5 cm³/mol. The quantitative estimate of drug-likeness (QED) is 0.883. The molecule has 1 aromatic carbocycles. The molecule has 0 spiro atoms. The third kappa shape index (κ3) is 4.97. The van der Waals surface area contributed by atoms with E-state index < -0.39 is 11.4 Å². The smallest absolute Gasteiger partial charge is 0.317 e. The van der Waals surface area contributed by atoms with E-state index in [1.807, 2.05) is 4.90 Å². The van der Waals surface area contributed by atoms with Crippen LogP contribution in [0.25, 0.3) is 0 Å². The van der Waals surface area contributed by atoms with Gasteiger partial charge in [0, 0.05) is 31.9 Å². The number of halogens is 2. The first kappa shape index (κ1) is 17.8. The van der Waals surface area contributed by atoms with Crippen LogP contribution in [0.2, 0.25) is 5.02 Å². The molecule has 0 saturated carbocycles. The summed E-state index contributed by atoms with van der Waals surface area (Å²) in [6.07, 6.45) is 0.784. The Morgan fingerprint density at radius 3 is 2.87 bits per heavy atom. The van der Waals surface area contributed by atoms with Crippen molar-refractivity contribution >= 4 is 23.3 Å². The Kier molecular flexibility index (Phi) is 5.37.